The van der Waals surface area contributed by atoms with Gasteiger partial charge < -0.3 is 19.7 Å². The maximum absolute atomic E-state index is 12.4. The predicted octanol–water partition coefficient (Wildman–Crippen LogP) is 3.87. The fourth-order valence-electron chi connectivity index (χ4n) is 3.03. The highest BCUT2D eigenvalue weighted by Gasteiger charge is 2.22. The van der Waals surface area contributed by atoms with Gasteiger partial charge in [-0.3, -0.25) is 9.59 Å². The van der Waals surface area contributed by atoms with Crippen molar-refractivity contribution in [3.05, 3.63) is 53.3 Å². The Morgan fingerprint density at radius 1 is 0.829 bits per heavy atom. The summed E-state index contributed by atoms with van der Waals surface area (Å²) in [7, 11) is 0. The van der Waals surface area contributed by atoms with Gasteiger partial charge in [-0.15, -0.1) is 0 Å². The molecule has 188 valence electrons. The third-order valence-corrected chi connectivity index (χ3v) is 5.11. The Labute approximate surface area is 205 Å². The summed E-state index contributed by atoms with van der Waals surface area (Å²) in [4.78, 5) is 33.3. The van der Waals surface area contributed by atoms with E-state index in [9.17, 15) is 9.59 Å². The van der Waals surface area contributed by atoms with E-state index in [0.717, 1.165) is 5.56 Å². The normalized spacial score (nSPS) is 11.9. The third kappa shape index (κ3) is 8.01. The summed E-state index contributed by atoms with van der Waals surface area (Å²) >= 11 is 0. The Balaban J connectivity index is 1.43. The van der Waals surface area contributed by atoms with Crippen LogP contribution in [0.4, 0.5) is 5.69 Å². The number of anilines is 1. The Morgan fingerprint density at radius 3 is 1.89 bits per heavy atom. The highest BCUT2D eigenvalue weighted by molar-refractivity contribution is 5.90. The summed E-state index contributed by atoms with van der Waals surface area (Å²) in [6.07, 6.45) is 1.21. The van der Waals surface area contributed by atoms with Crippen molar-refractivity contribution in [3.63, 3.8) is 0 Å². The van der Waals surface area contributed by atoms with Crippen molar-refractivity contribution in [1.82, 2.24) is 25.6 Å². The molecule has 0 bridgehead atoms. The van der Waals surface area contributed by atoms with Crippen LogP contribution in [0.25, 0.3) is 0 Å². The molecule has 35 heavy (non-hydrogen) atoms. The van der Waals surface area contributed by atoms with E-state index in [1.165, 1.54) is 0 Å². The molecule has 0 aliphatic rings. The number of aryl methyl sites for hydroxylation is 2. The molecule has 2 aromatic heterocycles. The van der Waals surface area contributed by atoms with Crippen LogP contribution in [0, 0.1) is 0 Å². The molecule has 0 fully saturated rings. The minimum atomic E-state index is -0.206. The number of hydrogen-bond donors (Lipinski definition) is 2. The van der Waals surface area contributed by atoms with E-state index in [1.807, 2.05) is 59.7 Å². The van der Waals surface area contributed by atoms with Gasteiger partial charge in [-0.1, -0.05) is 64.0 Å². The second-order valence-electron chi connectivity index (χ2n) is 10.5. The van der Waals surface area contributed by atoms with Crippen molar-refractivity contribution >= 4 is 17.5 Å². The van der Waals surface area contributed by atoms with E-state index in [2.05, 4.69) is 30.9 Å². The summed E-state index contributed by atoms with van der Waals surface area (Å²) < 4.78 is 10.5. The monoisotopic (exact) mass is 482 g/mol. The molecule has 0 radical (unpaired) electrons. The molecular formula is C25H34N6O4. The lowest BCUT2D eigenvalue weighted by Gasteiger charge is -2.11. The van der Waals surface area contributed by atoms with Crippen LogP contribution < -0.4 is 10.6 Å². The van der Waals surface area contributed by atoms with Crippen LogP contribution in [-0.4, -0.2) is 32.1 Å². The van der Waals surface area contributed by atoms with Gasteiger partial charge in [-0.05, 0) is 17.7 Å². The Bertz CT molecular complexity index is 1150. The maximum atomic E-state index is 12.4. The molecule has 10 heteroatoms. The smallest absolute Gasteiger partial charge is 0.227 e. The Kier molecular flexibility index (Phi) is 8.03. The van der Waals surface area contributed by atoms with Crippen molar-refractivity contribution in [2.75, 3.05) is 5.32 Å². The fourth-order valence-corrected chi connectivity index (χ4v) is 3.03. The van der Waals surface area contributed by atoms with E-state index in [-0.39, 0.29) is 35.5 Å². The van der Waals surface area contributed by atoms with E-state index in [1.54, 1.807) is 6.07 Å². The number of aromatic nitrogens is 4. The molecule has 0 aliphatic carbocycles. The molecule has 0 saturated carbocycles. The average Bonchev–Trinajstić information content (AvgIpc) is 3.44. The van der Waals surface area contributed by atoms with E-state index in [4.69, 9.17) is 9.05 Å². The summed E-state index contributed by atoms with van der Waals surface area (Å²) in [6.45, 7) is 12.3. The first kappa shape index (κ1) is 26.1. The van der Waals surface area contributed by atoms with Gasteiger partial charge >= 0.3 is 0 Å². The van der Waals surface area contributed by atoms with Gasteiger partial charge in [-0.25, -0.2) is 0 Å². The molecule has 2 amide bonds. The number of rotatable bonds is 9. The first-order valence-electron chi connectivity index (χ1n) is 11.7. The lowest BCUT2D eigenvalue weighted by molar-refractivity contribution is -0.121. The molecule has 1 aromatic carbocycles. The first-order chi connectivity index (χ1) is 16.4. The van der Waals surface area contributed by atoms with Crippen molar-refractivity contribution in [3.8, 4) is 0 Å². The molecule has 0 aliphatic heterocycles. The minimum Gasteiger partial charge on any atom is -0.352 e. The van der Waals surface area contributed by atoms with Gasteiger partial charge in [0.05, 0.1) is 0 Å². The first-order valence-corrected chi connectivity index (χ1v) is 11.7. The summed E-state index contributed by atoms with van der Waals surface area (Å²) in [5.74, 6) is 1.86. The molecule has 2 N–H and O–H groups in total. The molecule has 10 nitrogen and oxygen atoms in total. The van der Waals surface area contributed by atoms with Crippen molar-refractivity contribution in [2.24, 2.45) is 0 Å². The van der Waals surface area contributed by atoms with Crippen molar-refractivity contribution in [1.29, 1.82) is 0 Å². The van der Waals surface area contributed by atoms with Gasteiger partial charge in [0.1, 0.15) is 0 Å². The Hall–Kier alpha value is -3.56. The second kappa shape index (κ2) is 10.8. The zero-order valence-corrected chi connectivity index (χ0v) is 21.3. The topological polar surface area (TPSA) is 136 Å². The number of nitrogens with one attached hydrogen (secondary N) is 2. The molecular weight excluding hydrogens is 448 g/mol. The minimum absolute atomic E-state index is 0.121. The number of amides is 2. The summed E-state index contributed by atoms with van der Waals surface area (Å²) in [5, 5.41) is 13.7. The van der Waals surface area contributed by atoms with E-state index >= 15 is 0 Å². The maximum Gasteiger partial charge on any atom is 0.227 e. The van der Waals surface area contributed by atoms with Crippen LogP contribution in [0.2, 0.25) is 0 Å². The fraction of sp³-hybridized carbons (Fsp3) is 0.520. The molecule has 0 spiro atoms. The number of hydrogen-bond acceptors (Lipinski definition) is 8. The van der Waals surface area contributed by atoms with Gasteiger partial charge in [-0.2, -0.15) is 9.97 Å². The van der Waals surface area contributed by atoms with Gasteiger partial charge in [0.15, 0.2) is 11.6 Å². The molecule has 2 heterocycles. The number of benzene rings is 1. The Morgan fingerprint density at radius 2 is 1.37 bits per heavy atom. The quantitative estimate of drug-likeness (QED) is 0.469. The molecule has 0 unspecified atom stereocenters. The van der Waals surface area contributed by atoms with Crippen molar-refractivity contribution in [2.45, 2.75) is 84.6 Å². The van der Waals surface area contributed by atoms with Gasteiger partial charge in [0.25, 0.3) is 0 Å². The molecule has 0 atom stereocenters. The summed E-state index contributed by atoms with van der Waals surface area (Å²) in [5.41, 5.74) is 1.12. The lowest BCUT2D eigenvalue weighted by Crippen LogP contribution is -2.23. The average molecular weight is 483 g/mol. The van der Waals surface area contributed by atoms with Crippen molar-refractivity contribution < 1.29 is 18.6 Å². The number of carbonyl (C=O) groups is 2. The van der Waals surface area contributed by atoms with Crippen LogP contribution in [0.3, 0.4) is 0 Å². The van der Waals surface area contributed by atoms with Crippen LogP contribution in [0.1, 0.15) is 83.4 Å². The second-order valence-corrected chi connectivity index (χ2v) is 10.5. The van der Waals surface area contributed by atoms with E-state index in [0.29, 0.717) is 48.5 Å². The van der Waals surface area contributed by atoms with Gasteiger partial charge in [0.2, 0.25) is 23.6 Å². The molecule has 0 saturated heterocycles. The van der Waals surface area contributed by atoms with Crippen LogP contribution in [-0.2, 0) is 39.8 Å². The highest BCUT2D eigenvalue weighted by Crippen LogP contribution is 2.20. The number of carbonyl (C=O) groups excluding carboxylic acids is 2. The predicted molar refractivity (Wildman–Crippen MR) is 130 cm³/mol. The highest BCUT2D eigenvalue weighted by atomic mass is 16.5. The lowest BCUT2D eigenvalue weighted by atomic mass is 9.96. The zero-order chi connectivity index (χ0) is 25.6. The van der Waals surface area contributed by atoms with Crippen LogP contribution in [0.5, 0.6) is 0 Å². The largest absolute Gasteiger partial charge is 0.352 e. The molecule has 3 aromatic rings. The molecule has 3 rings (SSSR count). The summed E-state index contributed by atoms with van der Waals surface area (Å²) in [6, 6.07) is 7.35. The standard InChI is InChI=1S/C25H34N6O4/c1-24(2,3)22-28-20(34-30-22)12-10-18(32)26-15-16-8-7-9-17(14-16)27-19(33)11-13-21-29-23(31-35-21)25(4,5)6/h7-9,14H,10-13,15H2,1-6H3,(H,26,32)(H,27,33). The van der Waals surface area contributed by atoms with Crippen LogP contribution in [0.15, 0.2) is 33.3 Å². The third-order valence-electron chi connectivity index (χ3n) is 5.11. The van der Waals surface area contributed by atoms with E-state index < -0.39 is 0 Å². The number of nitrogens with zero attached hydrogens (tertiary/aromatic N) is 4. The van der Waals surface area contributed by atoms with Gasteiger partial charge in [0, 0.05) is 48.7 Å². The van der Waals surface area contributed by atoms with Crippen LogP contribution >= 0.6 is 0 Å². The SMILES string of the molecule is CC(C)(C)c1noc(CCC(=O)NCc2cccc(NC(=O)CCc3nc(C(C)(C)C)no3)c2)n1. The zero-order valence-electron chi connectivity index (χ0n) is 21.3.